The summed E-state index contributed by atoms with van der Waals surface area (Å²) in [5.74, 6) is -0.783. The van der Waals surface area contributed by atoms with Crippen LogP contribution < -0.4 is 19.8 Å². The third-order valence-corrected chi connectivity index (χ3v) is 9.16. The molecule has 2 N–H and O–H groups in total. The van der Waals surface area contributed by atoms with Crippen LogP contribution in [0.15, 0.2) is 48.7 Å². The first-order valence-electron chi connectivity index (χ1n) is 14.3. The van der Waals surface area contributed by atoms with Gasteiger partial charge in [-0.05, 0) is 89.5 Å². The van der Waals surface area contributed by atoms with Gasteiger partial charge >= 0.3 is 6.03 Å². The molecule has 1 aliphatic carbocycles. The maximum Gasteiger partial charge on any atom is 0.330 e. The molecule has 2 aromatic carbocycles. The number of sulfonamides is 1. The molecule has 0 saturated heterocycles. The number of benzene rings is 2. The Morgan fingerprint density at radius 1 is 1.05 bits per heavy atom. The average molecular weight is 614 g/mol. The van der Waals surface area contributed by atoms with E-state index in [0.717, 1.165) is 43.9 Å². The molecule has 3 aromatic rings. The fourth-order valence-electron chi connectivity index (χ4n) is 5.59. The molecule has 0 spiro atoms. The van der Waals surface area contributed by atoms with Gasteiger partial charge in [-0.3, -0.25) is 14.5 Å². The molecule has 0 bridgehead atoms. The third kappa shape index (κ3) is 7.04. The highest BCUT2D eigenvalue weighted by Gasteiger charge is 2.35. The number of aromatic nitrogens is 2. The largest absolute Gasteiger partial charge is 0.351 e. The molecule has 1 aromatic heterocycles. The molecule has 2 heterocycles. The zero-order valence-electron chi connectivity index (χ0n) is 24.7. The molecular formula is C30H37F2N7O3S. The Hall–Kier alpha value is -3.84. The molecule has 1 fully saturated rings. The highest BCUT2D eigenvalue weighted by molar-refractivity contribution is 7.91. The first-order valence-corrected chi connectivity index (χ1v) is 16.0. The van der Waals surface area contributed by atoms with Crippen LogP contribution in [-0.2, 0) is 22.3 Å². The van der Waals surface area contributed by atoms with E-state index in [2.05, 4.69) is 34.0 Å². The number of nitrogens with one attached hydrogen (secondary N) is 2. The van der Waals surface area contributed by atoms with E-state index in [0.29, 0.717) is 28.9 Å². The molecule has 43 heavy (non-hydrogen) atoms. The van der Waals surface area contributed by atoms with Gasteiger partial charge in [0.05, 0.1) is 18.0 Å². The van der Waals surface area contributed by atoms with Crippen LogP contribution in [0.25, 0.3) is 0 Å². The molecule has 230 valence electrons. The SMILES string of the molecule is CC(C)N1C(=O)N(c2ccc(NS(=O)(=O)Cc3ccc(F)cc3)c(F)c2)Cc2cnc(NC3CCC(N(C)C)CC3)nc21. The Labute approximate surface area is 251 Å². The van der Waals surface area contributed by atoms with Gasteiger partial charge in [-0.2, -0.15) is 4.98 Å². The molecule has 2 aliphatic rings. The van der Waals surface area contributed by atoms with Crippen LogP contribution in [0.2, 0.25) is 0 Å². The summed E-state index contributed by atoms with van der Waals surface area (Å²) in [5.41, 5.74) is 1.07. The molecule has 1 aliphatic heterocycles. The minimum Gasteiger partial charge on any atom is -0.351 e. The predicted octanol–water partition coefficient (Wildman–Crippen LogP) is 5.34. The molecule has 0 unspecified atom stereocenters. The van der Waals surface area contributed by atoms with Crippen LogP contribution in [0, 0.1) is 11.6 Å². The summed E-state index contributed by atoms with van der Waals surface area (Å²) in [6, 6.07) is 9.14. The number of hydrogen-bond donors (Lipinski definition) is 2. The fraction of sp³-hybridized carbons (Fsp3) is 0.433. The van der Waals surface area contributed by atoms with E-state index >= 15 is 4.39 Å². The Bertz CT molecular complexity index is 1580. The molecule has 0 atom stereocenters. The monoisotopic (exact) mass is 613 g/mol. The Morgan fingerprint density at radius 2 is 1.74 bits per heavy atom. The van der Waals surface area contributed by atoms with Gasteiger partial charge in [0.1, 0.15) is 17.5 Å². The number of rotatable bonds is 9. The van der Waals surface area contributed by atoms with E-state index in [9.17, 15) is 17.6 Å². The number of anilines is 4. The maximum absolute atomic E-state index is 15.2. The molecule has 1 saturated carbocycles. The summed E-state index contributed by atoms with van der Waals surface area (Å²) in [5, 5.41) is 3.44. The summed E-state index contributed by atoms with van der Waals surface area (Å²) in [7, 11) is 0.231. The molecule has 13 heteroatoms. The maximum atomic E-state index is 15.2. The second kappa shape index (κ2) is 12.4. The fourth-order valence-corrected chi connectivity index (χ4v) is 6.79. The normalized spacial score (nSPS) is 19.1. The first kappa shape index (κ1) is 30.6. The zero-order chi connectivity index (χ0) is 30.9. The first-order chi connectivity index (χ1) is 20.4. The molecule has 5 rings (SSSR count). The van der Waals surface area contributed by atoms with E-state index in [1.54, 1.807) is 11.1 Å². The quantitative estimate of drug-likeness (QED) is 0.335. The standard InChI is InChI=1S/C30H37F2N7O3S/c1-19(2)39-28-21(16-33-29(35-28)34-23-9-11-24(12-10-23)37(3)4)17-38(30(39)40)25-13-14-27(26(32)15-25)36-43(41,42)18-20-5-7-22(31)8-6-20/h5-8,13-16,19,23-24,36H,9-12,17-18H2,1-4H3,(H,33,34,35). The van der Waals surface area contributed by atoms with Gasteiger partial charge in [0, 0.05) is 35.6 Å². The van der Waals surface area contributed by atoms with Gasteiger partial charge in [-0.15, -0.1) is 0 Å². The van der Waals surface area contributed by atoms with E-state index in [1.165, 1.54) is 29.2 Å². The van der Waals surface area contributed by atoms with Crippen LogP contribution in [0.1, 0.15) is 50.7 Å². The lowest BCUT2D eigenvalue weighted by Crippen LogP contribution is -2.51. The number of nitrogens with zero attached hydrogens (tertiary/aromatic N) is 5. The van der Waals surface area contributed by atoms with E-state index in [-0.39, 0.29) is 36.0 Å². The van der Waals surface area contributed by atoms with Gasteiger partial charge < -0.3 is 10.2 Å². The summed E-state index contributed by atoms with van der Waals surface area (Å²) >= 11 is 0. The van der Waals surface area contributed by atoms with Crippen molar-refractivity contribution < 1.29 is 22.0 Å². The van der Waals surface area contributed by atoms with Crippen molar-refractivity contribution in [1.29, 1.82) is 0 Å². The number of carbonyl (C=O) groups is 1. The van der Waals surface area contributed by atoms with Crippen molar-refractivity contribution in [3.63, 3.8) is 0 Å². The van der Waals surface area contributed by atoms with E-state index < -0.39 is 27.4 Å². The number of carbonyl (C=O) groups excluding carboxylic acids is 1. The number of hydrogen-bond acceptors (Lipinski definition) is 7. The number of halogens is 2. The van der Waals surface area contributed by atoms with Crippen molar-refractivity contribution in [3.05, 3.63) is 71.4 Å². The van der Waals surface area contributed by atoms with E-state index in [1.807, 2.05) is 13.8 Å². The van der Waals surface area contributed by atoms with Crippen LogP contribution in [0.5, 0.6) is 0 Å². The van der Waals surface area contributed by atoms with Crippen molar-refractivity contribution in [3.8, 4) is 0 Å². The second-order valence-electron chi connectivity index (χ2n) is 11.6. The zero-order valence-corrected chi connectivity index (χ0v) is 25.5. The van der Waals surface area contributed by atoms with Gasteiger partial charge in [0.25, 0.3) is 0 Å². The number of urea groups is 1. The average Bonchev–Trinajstić information content (AvgIpc) is 2.95. The van der Waals surface area contributed by atoms with Gasteiger partial charge in [0.15, 0.2) is 0 Å². The van der Waals surface area contributed by atoms with Crippen molar-refractivity contribution in [2.24, 2.45) is 0 Å². The Balaban J connectivity index is 1.32. The smallest absolute Gasteiger partial charge is 0.330 e. The van der Waals surface area contributed by atoms with Crippen molar-refractivity contribution in [2.75, 3.05) is 33.9 Å². The number of fused-ring (bicyclic) bond motifs is 1. The minimum absolute atomic E-state index is 0.126. The lowest BCUT2D eigenvalue weighted by atomic mass is 9.91. The van der Waals surface area contributed by atoms with Gasteiger partial charge in [-0.1, -0.05) is 12.1 Å². The summed E-state index contributed by atoms with van der Waals surface area (Å²) in [6.45, 7) is 3.88. The van der Waals surface area contributed by atoms with Crippen LogP contribution in [0.4, 0.5) is 36.7 Å². The van der Waals surface area contributed by atoms with E-state index in [4.69, 9.17) is 4.98 Å². The molecule has 10 nitrogen and oxygen atoms in total. The van der Waals surface area contributed by atoms with Crippen LogP contribution >= 0.6 is 0 Å². The second-order valence-corrected chi connectivity index (χ2v) is 13.4. The van der Waals surface area contributed by atoms with Crippen LogP contribution in [0.3, 0.4) is 0 Å². The number of amides is 2. The van der Waals surface area contributed by atoms with Crippen molar-refractivity contribution >= 4 is 39.2 Å². The van der Waals surface area contributed by atoms with Crippen molar-refractivity contribution in [1.82, 2.24) is 14.9 Å². The topological polar surface area (TPSA) is 111 Å². The molecule has 2 amide bonds. The van der Waals surface area contributed by atoms with Crippen LogP contribution in [-0.4, -0.2) is 61.5 Å². The molecule has 0 radical (unpaired) electrons. The Morgan fingerprint density at radius 3 is 2.37 bits per heavy atom. The minimum atomic E-state index is -3.98. The van der Waals surface area contributed by atoms with Gasteiger partial charge in [0.2, 0.25) is 16.0 Å². The highest BCUT2D eigenvalue weighted by atomic mass is 32.2. The highest BCUT2D eigenvalue weighted by Crippen LogP contribution is 2.34. The summed E-state index contributed by atoms with van der Waals surface area (Å²) in [6.07, 6.45) is 5.89. The summed E-state index contributed by atoms with van der Waals surface area (Å²) in [4.78, 5) is 28.2. The predicted molar refractivity (Wildman–Crippen MR) is 164 cm³/mol. The Kier molecular flexibility index (Phi) is 8.84. The molecular weight excluding hydrogens is 576 g/mol. The summed E-state index contributed by atoms with van der Waals surface area (Å²) < 4.78 is 55.9. The lowest BCUT2D eigenvalue weighted by molar-refractivity contribution is 0.221. The van der Waals surface area contributed by atoms with Crippen molar-refractivity contribution in [2.45, 2.75) is 70.0 Å². The third-order valence-electron chi connectivity index (χ3n) is 7.91. The lowest BCUT2D eigenvalue weighted by Gasteiger charge is -2.38. The van der Waals surface area contributed by atoms with Gasteiger partial charge in [-0.25, -0.2) is 27.0 Å².